The second kappa shape index (κ2) is 7.34. The molecule has 5 heteroatoms. The molecule has 0 fully saturated rings. The number of aryl methyl sites for hydroxylation is 2. The molecule has 114 valence electrons. The van der Waals surface area contributed by atoms with E-state index >= 15 is 0 Å². The summed E-state index contributed by atoms with van der Waals surface area (Å²) in [4.78, 5) is 5.88. The normalized spacial score (nSPS) is 12.6. The molecule has 0 aliphatic heterocycles. The fourth-order valence-corrected chi connectivity index (χ4v) is 3.52. The number of thiazole rings is 1. The standard InChI is InChI=1S/C16H20ClFN2S/c1-4-8-19-15(12-7-6-11(17)9-13(12)18)16-20-14(5-2)10(3)21-16/h6-7,9,15,19H,4-5,8H2,1-3H3. The number of nitrogens with one attached hydrogen (secondary N) is 1. The van der Waals surface area contributed by atoms with Crippen molar-refractivity contribution in [2.75, 3.05) is 6.54 Å². The lowest BCUT2D eigenvalue weighted by Gasteiger charge is -2.17. The Hall–Kier alpha value is -0.970. The zero-order valence-corrected chi connectivity index (χ0v) is 14.1. The Kier molecular flexibility index (Phi) is 5.73. The first-order valence-electron chi connectivity index (χ1n) is 7.21. The molecule has 1 aromatic carbocycles. The lowest BCUT2D eigenvalue weighted by atomic mass is 10.1. The Morgan fingerprint density at radius 3 is 2.71 bits per heavy atom. The van der Waals surface area contributed by atoms with E-state index in [-0.39, 0.29) is 11.9 Å². The van der Waals surface area contributed by atoms with Gasteiger partial charge < -0.3 is 5.32 Å². The second-order valence-electron chi connectivity index (χ2n) is 4.96. The highest BCUT2D eigenvalue weighted by atomic mass is 35.5. The average molecular weight is 327 g/mol. The number of hydrogen-bond donors (Lipinski definition) is 1. The van der Waals surface area contributed by atoms with Gasteiger partial charge in [-0.2, -0.15) is 0 Å². The minimum atomic E-state index is -0.290. The van der Waals surface area contributed by atoms with Crippen molar-refractivity contribution in [1.29, 1.82) is 0 Å². The van der Waals surface area contributed by atoms with E-state index in [1.54, 1.807) is 23.5 Å². The van der Waals surface area contributed by atoms with Crippen LogP contribution in [0.2, 0.25) is 5.02 Å². The summed E-state index contributed by atoms with van der Waals surface area (Å²) in [6, 6.07) is 4.61. The molecule has 2 rings (SSSR count). The van der Waals surface area contributed by atoms with Crippen LogP contribution in [0, 0.1) is 12.7 Å². The number of halogens is 2. The molecule has 0 spiro atoms. The molecule has 0 aliphatic carbocycles. The van der Waals surface area contributed by atoms with E-state index in [0.717, 1.165) is 30.1 Å². The fraction of sp³-hybridized carbons (Fsp3) is 0.438. The SMILES string of the molecule is CCCNC(c1nc(CC)c(C)s1)c1ccc(Cl)cc1F. The van der Waals surface area contributed by atoms with Gasteiger partial charge in [-0.05, 0) is 38.4 Å². The Balaban J connectivity index is 2.41. The van der Waals surface area contributed by atoms with Crippen molar-refractivity contribution in [3.05, 3.63) is 50.2 Å². The Morgan fingerprint density at radius 2 is 2.14 bits per heavy atom. The molecule has 0 saturated heterocycles. The number of aromatic nitrogens is 1. The predicted octanol–water partition coefficient (Wildman–Crippen LogP) is 4.90. The molecule has 0 radical (unpaired) electrons. The highest BCUT2D eigenvalue weighted by molar-refractivity contribution is 7.11. The van der Waals surface area contributed by atoms with E-state index < -0.39 is 0 Å². The molecule has 21 heavy (non-hydrogen) atoms. The first-order valence-corrected chi connectivity index (χ1v) is 8.40. The predicted molar refractivity (Wildman–Crippen MR) is 87.8 cm³/mol. The third-order valence-electron chi connectivity index (χ3n) is 3.36. The molecular weight excluding hydrogens is 307 g/mol. The van der Waals surface area contributed by atoms with Gasteiger partial charge in [-0.25, -0.2) is 9.37 Å². The van der Waals surface area contributed by atoms with Gasteiger partial charge in [-0.1, -0.05) is 31.5 Å². The van der Waals surface area contributed by atoms with Crippen molar-refractivity contribution in [2.24, 2.45) is 0 Å². The van der Waals surface area contributed by atoms with Crippen LogP contribution >= 0.6 is 22.9 Å². The Morgan fingerprint density at radius 1 is 1.38 bits per heavy atom. The molecule has 2 aromatic rings. The molecule has 0 saturated carbocycles. The van der Waals surface area contributed by atoms with Crippen LogP contribution in [0.3, 0.4) is 0 Å². The van der Waals surface area contributed by atoms with E-state index in [9.17, 15) is 4.39 Å². The first kappa shape index (κ1) is 16.4. The monoisotopic (exact) mass is 326 g/mol. The highest BCUT2D eigenvalue weighted by Gasteiger charge is 2.21. The summed E-state index contributed by atoms with van der Waals surface area (Å²) in [5.74, 6) is -0.290. The van der Waals surface area contributed by atoms with Crippen LogP contribution in [0.15, 0.2) is 18.2 Å². The van der Waals surface area contributed by atoms with Crippen molar-refractivity contribution < 1.29 is 4.39 Å². The molecular formula is C16H20ClFN2S. The largest absolute Gasteiger partial charge is 0.304 e. The maximum Gasteiger partial charge on any atom is 0.129 e. The quantitative estimate of drug-likeness (QED) is 0.817. The van der Waals surface area contributed by atoms with Crippen molar-refractivity contribution >= 4 is 22.9 Å². The van der Waals surface area contributed by atoms with Gasteiger partial charge in [0.05, 0.1) is 11.7 Å². The van der Waals surface area contributed by atoms with Crippen LogP contribution in [-0.4, -0.2) is 11.5 Å². The van der Waals surface area contributed by atoms with Gasteiger partial charge in [0.2, 0.25) is 0 Å². The molecule has 1 unspecified atom stereocenters. The molecule has 1 aromatic heterocycles. The first-order chi connectivity index (χ1) is 10.1. The second-order valence-corrected chi connectivity index (χ2v) is 6.63. The van der Waals surface area contributed by atoms with Crippen LogP contribution in [0.1, 0.15) is 47.5 Å². The third-order valence-corrected chi connectivity index (χ3v) is 4.68. The van der Waals surface area contributed by atoms with Crippen molar-refractivity contribution in [3.8, 4) is 0 Å². The lowest BCUT2D eigenvalue weighted by Crippen LogP contribution is -2.24. The van der Waals surface area contributed by atoms with E-state index in [0.29, 0.717) is 10.6 Å². The lowest BCUT2D eigenvalue weighted by molar-refractivity contribution is 0.544. The summed E-state index contributed by atoms with van der Waals surface area (Å²) in [6.07, 6.45) is 1.88. The minimum Gasteiger partial charge on any atom is -0.304 e. The van der Waals surface area contributed by atoms with Crippen LogP contribution in [-0.2, 0) is 6.42 Å². The van der Waals surface area contributed by atoms with Gasteiger partial charge in [0.1, 0.15) is 10.8 Å². The van der Waals surface area contributed by atoms with Gasteiger partial charge in [-0.3, -0.25) is 0 Å². The topological polar surface area (TPSA) is 24.9 Å². The number of benzene rings is 1. The van der Waals surface area contributed by atoms with Gasteiger partial charge >= 0.3 is 0 Å². The summed E-state index contributed by atoms with van der Waals surface area (Å²) in [7, 11) is 0. The molecule has 0 aliphatic rings. The van der Waals surface area contributed by atoms with Crippen LogP contribution in [0.25, 0.3) is 0 Å². The van der Waals surface area contributed by atoms with E-state index in [4.69, 9.17) is 11.6 Å². The van der Waals surface area contributed by atoms with Gasteiger partial charge in [0.15, 0.2) is 0 Å². The Labute approximate surface area is 134 Å². The summed E-state index contributed by atoms with van der Waals surface area (Å²) in [6.45, 7) is 7.05. The molecule has 1 heterocycles. The average Bonchev–Trinajstić information content (AvgIpc) is 2.82. The van der Waals surface area contributed by atoms with E-state index in [1.807, 2.05) is 0 Å². The summed E-state index contributed by atoms with van der Waals surface area (Å²) in [5.41, 5.74) is 1.69. The molecule has 0 bridgehead atoms. The molecule has 1 N–H and O–H groups in total. The summed E-state index contributed by atoms with van der Waals surface area (Å²) < 4.78 is 14.3. The number of hydrogen-bond acceptors (Lipinski definition) is 3. The van der Waals surface area contributed by atoms with Crippen LogP contribution in [0.4, 0.5) is 4.39 Å². The summed E-state index contributed by atoms with van der Waals surface area (Å²) in [5, 5.41) is 4.72. The maximum absolute atomic E-state index is 14.3. The van der Waals surface area contributed by atoms with Crippen LogP contribution in [0.5, 0.6) is 0 Å². The third kappa shape index (κ3) is 3.82. The van der Waals surface area contributed by atoms with Crippen molar-refractivity contribution in [2.45, 2.75) is 39.7 Å². The summed E-state index contributed by atoms with van der Waals surface area (Å²) >= 11 is 7.48. The zero-order chi connectivity index (χ0) is 15.4. The van der Waals surface area contributed by atoms with Gasteiger partial charge in [0.25, 0.3) is 0 Å². The zero-order valence-electron chi connectivity index (χ0n) is 12.5. The Bertz CT molecular complexity index is 612. The number of rotatable bonds is 6. The van der Waals surface area contributed by atoms with Crippen molar-refractivity contribution in [3.63, 3.8) is 0 Å². The maximum atomic E-state index is 14.3. The minimum absolute atomic E-state index is 0.216. The highest BCUT2D eigenvalue weighted by Crippen LogP contribution is 2.30. The molecule has 2 nitrogen and oxygen atoms in total. The molecule has 1 atom stereocenters. The smallest absolute Gasteiger partial charge is 0.129 e. The van der Waals surface area contributed by atoms with Gasteiger partial charge in [-0.15, -0.1) is 11.3 Å². The fourth-order valence-electron chi connectivity index (χ4n) is 2.26. The van der Waals surface area contributed by atoms with Gasteiger partial charge in [0, 0.05) is 15.5 Å². The van der Waals surface area contributed by atoms with E-state index in [1.165, 1.54) is 10.9 Å². The number of nitrogens with zero attached hydrogens (tertiary/aromatic N) is 1. The van der Waals surface area contributed by atoms with Crippen LogP contribution < -0.4 is 5.32 Å². The van der Waals surface area contributed by atoms with E-state index in [2.05, 4.69) is 31.1 Å². The molecule has 0 amide bonds. The van der Waals surface area contributed by atoms with Crippen molar-refractivity contribution in [1.82, 2.24) is 10.3 Å².